The van der Waals surface area contributed by atoms with Crippen molar-refractivity contribution < 1.29 is 13.2 Å². The van der Waals surface area contributed by atoms with E-state index in [1.165, 1.54) is 12.3 Å². The number of nitrogens with one attached hydrogen (secondary N) is 1. The standard InChI is InChI=1S/C14H14Cl2N2O3S/c1-21-11-4-2-10(3-5-11)6-7-18-22(19,20)12-8-13(15)14(16)17-9-12/h2-5,8-9,18H,6-7H2,1H3. The van der Waals surface area contributed by atoms with E-state index < -0.39 is 10.0 Å². The van der Waals surface area contributed by atoms with Gasteiger partial charge in [-0.2, -0.15) is 0 Å². The van der Waals surface area contributed by atoms with Crippen molar-refractivity contribution in [2.75, 3.05) is 13.7 Å². The van der Waals surface area contributed by atoms with Gasteiger partial charge in [0.25, 0.3) is 0 Å². The first-order chi connectivity index (χ1) is 10.4. The number of ether oxygens (including phenoxy) is 1. The summed E-state index contributed by atoms with van der Waals surface area (Å²) in [6.07, 6.45) is 1.72. The predicted molar refractivity (Wildman–Crippen MR) is 86.1 cm³/mol. The van der Waals surface area contributed by atoms with Crippen LogP contribution in [0.15, 0.2) is 41.4 Å². The number of methoxy groups -OCH3 is 1. The molecule has 1 N–H and O–H groups in total. The van der Waals surface area contributed by atoms with Crippen LogP contribution in [0, 0.1) is 0 Å². The highest BCUT2D eigenvalue weighted by atomic mass is 35.5. The first kappa shape index (κ1) is 17.0. The van der Waals surface area contributed by atoms with Crippen LogP contribution in [0.1, 0.15) is 5.56 Å². The molecule has 0 spiro atoms. The maximum absolute atomic E-state index is 12.1. The van der Waals surface area contributed by atoms with Gasteiger partial charge in [0, 0.05) is 12.7 Å². The Hall–Kier alpha value is -1.34. The molecule has 0 bridgehead atoms. The fourth-order valence-corrected chi connectivity index (χ4v) is 3.09. The Morgan fingerprint density at radius 1 is 1.23 bits per heavy atom. The van der Waals surface area contributed by atoms with E-state index in [9.17, 15) is 8.42 Å². The summed E-state index contributed by atoms with van der Waals surface area (Å²) in [4.78, 5) is 3.71. The smallest absolute Gasteiger partial charge is 0.242 e. The van der Waals surface area contributed by atoms with Crippen LogP contribution in [0.5, 0.6) is 5.75 Å². The minimum Gasteiger partial charge on any atom is -0.497 e. The van der Waals surface area contributed by atoms with E-state index in [0.717, 1.165) is 11.3 Å². The van der Waals surface area contributed by atoms with Crippen LogP contribution in [-0.4, -0.2) is 27.1 Å². The van der Waals surface area contributed by atoms with Crippen molar-refractivity contribution in [2.24, 2.45) is 0 Å². The van der Waals surface area contributed by atoms with Crippen LogP contribution >= 0.6 is 23.2 Å². The molecule has 0 fully saturated rings. The zero-order valence-electron chi connectivity index (χ0n) is 11.7. The molecule has 0 saturated carbocycles. The second-order valence-corrected chi connectivity index (χ2v) is 6.97. The zero-order chi connectivity index (χ0) is 16.2. The number of rotatable bonds is 6. The summed E-state index contributed by atoms with van der Waals surface area (Å²) in [5, 5.41) is 0.165. The minimum atomic E-state index is -3.66. The van der Waals surface area contributed by atoms with Crippen LogP contribution in [0.4, 0.5) is 0 Å². The van der Waals surface area contributed by atoms with Gasteiger partial charge in [-0.05, 0) is 30.2 Å². The quantitative estimate of drug-likeness (QED) is 0.804. The highest BCUT2D eigenvalue weighted by Crippen LogP contribution is 2.22. The summed E-state index contributed by atoms with van der Waals surface area (Å²) in [5.41, 5.74) is 0.996. The number of pyridine rings is 1. The summed E-state index contributed by atoms with van der Waals surface area (Å²) < 4.78 is 31.8. The van der Waals surface area contributed by atoms with Gasteiger partial charge in [-0.1, -0.05) is 35.3 Å². The zero-order valence-corrected chi connectivity index (χ0v) is 14.0. The SMILES string of the molecule is COc1ccc(CCNS(=O)(=O)c2cnc(Cl)c(Cl)c2)cc1. The number of aromatic nitrogens is 1. The molecule has 8 heteroatoms. The van der Waals surface area contributed by atoms with Gasteiger partial charge in [-0.3, -0.25) is 0 Å². The maximum atomic E-state index is 12.1. The number of hydrogen-bond donors (Lipinski definition) is 1. The van der Waals surface area contributed by atoms with E-state index in [4.69, 9.17) is 27.9 Å². The minimum absolute atomic E-state index is 0.0170. The lowest BCUT2D eigenvalue weighted by Gasteiger charge is -2.08. The van der Waals surface area contributed by atoms with E-state index in [-0.39, 0.29) is 21.6 Å². The fraction of sp³-hybridized carbons (Fsp3) is 0.214. The lowest BCUT2D eigenvalue weighted by Crippen LogP contribution is -2.26. The number of halogens is 2. The fourth-order valence-electron chi connectivity index (χ4n) is 1.76. The summed E-state index contributed by atoms with van der Waals surface area (Å²) in [6.45, 7) is 0.259. The van der Waals surface area contributed by atoms with Crippen LogP contribution in [0.25, 0.3) is 0 Å². The molecular weight excluding hydrogens is 347 g/mol. The highest BCUT2D eigenvalue weighted by Gasteiger charge is 2.15. The molecule has 0 radical (unpaired) electrons. The van der Waals surface area contributed by atoms with Crippen molar-refractivity contribution in [3.63, 3.8) is 0 Å². The Bertz CT molecular complexity index is 749. The van der Waals surface area contributed by atoms with Gasteiger partial charge in [0.2, 0.25) is 10.0 Å². The molecule has 0 atom stereocenters. The Morgan fingerprint density at radius 3 is 2.50 bits per heavy atom. The third-order valence-electron chi connectivity index (χ3n) is 2.95. The van der Waals surface area contributed by atoms with Gasteiger partial charge < -0.3 is 4.74 Å². The molecular formula is C14H14Cl2N2O3S. The first-order valence-electron chi connectivity index (χ1n) is 6.36. The third kappa shape index (κ3) is 4.33. The first-order valence-corrected chi connectivity index (χ1v) is 8.60. The highest BCUT2D eigenvalue weighted by molar-refractivity contribution is 7.89. The molecule has 0 aliphatic rings. The van der Waals surface area contributed by atoms with Crippen LogP contribution in [-0.2, 0) is 16.4 Å². The van der Waals surface area contributed by atoms with Crippen molar-refractivity contribution in [3.05, 3.63) is 52.3 Å². The lowest BCUT2D eigenvalue weighted by atomic mass is 10.1. The second-order valence-electron chi connectivity index (χ2n) is 4.44. The number of nitrogens with zero attached hydrogens (tertiary/aromatic N) is 1. The Kier molecular flexibility index (Phi) is 5.63. The monoisotopic (exact) mass is 360 g/mol. The van der Waals surface area contributed by atoms with Crippen LogP contribution in [0.2, 0.25) is 10.2 Å². The van der Waals surface area contributed by atoms with Gasteiger partial charge in [-0.15, -0.1) is 0 Å². The van der Waals surface area contributed by atoms with Crippen molar-refractivity contribution in [2.45, 2.75) is 11.3 Å². The van der Waals surface area contributed by atoms with Gasteiger partial charge in [0.15, 0.2) is 0 Å². The molecule has 1 aromatic heterocycles. The van der Waals surface area contributed by atoms with Crippen LogP contribution in [0.3, 0.4) is 0 Å². The molecule has 0 amide bonds. The average Bonchev–Trinajstić information content (AvgIpc) is 2.50. The molecule has 5 nitrogen and oxygen atoms in total. The second kappa shape index (κ2) is 7.28. The topological polar surface area (TPSA) is 68.3 Å². The van der Waals surface area contributed by atoms with Crippen molar-refractivity contribution in [1.82, 2.24) is 9.71 Å². The Labute approximate surface area is 139 Å². The molecule has 1 aromatic carbocycles. The Morgan fingerprint density at radius 2 is 1.91 bits per heavy atom. The molecule has 22 heavy (non-hydrogen) atoms. The average molecular weight is 361 g/mol. The van der Waals surface area contributed by atoms with Gasteiger partial charge in [-0.25, -0.2) is 18.1 Å². The van der Waals surface area contributed by atoms with E-state index in [1.807, 2.05) is 24.3 Å². The molecule has 0 aliphatic carbocycles. The summed E-state index contributed by atoms with van der Waals surface area (Å²) in [7, 11) is -2.07. The molecule has 118 valence electrons. The molecule has 1 heterocycles. The van der Waals surface area contributed by atoms with Crippen molar-refractivity contribution in [1.29, 1.82) is 0 Å². The number of sulfonamides is 1. The summed E-state index contributed by atoms with van der Waals surface area (Å²) >= 11 is 11.5. The Balaban J connectivity index is 1.98. The molecule has 0 saturated heterocycles. The molecule has 2 aromatic rings. The van der Waals surface area contributed by atoms with Gasteiger partial charge >= 0.3 is 0 Å². The number of benzene rings is 1. The van der Waals surface area contributed by atoms with Gasteiger partial charge in [0.1, 0.15) is 15.8 Å². The largest absolute Gasteiger partial charge is 0.497 e. The molecule has 0 unspecified atom stereocenters. The number of hydrogen-bond acceptors (Lipinski definition) is 4. The van der Waals surface area contributed by atoms with E-state index in [1.54, 1.807) is 7.11 Å². The van der Waals surface area contributed by atoms with E-state index in [2.05, 4.69) is 9.71 Å². The van der Waals surface area contributed by atoms with Crippen LogP contribution < -0.4 is 9.46 Å². The van der Waals surface area contributed by atoms with Gasteiger partial charge in [0.05, 0.1) is 12.1 Å². The third-order valence-corrected chi connectivity index (χ3v) is 5.06. The van der Waals surface area contributed by atoms with E-state index >= 15 is 0 Å². The normalized spacial score (nSPS) is 11.4. The lowest BCUT2D eigenvalue weighted by molar-refractivity contribution is 0.414. The predicted octanol–water partition coefficient (Wildman–Crippen LogP) is 2.92. The van der Waals surface area contributed by atoms with Crippen molar-refractivity contribution >= 4 is 33.2 Å². The van der Waals surface area contributed by atoms with E-state index in [0.29, 0.717) is 6.42 Å². The molecule has 0 aliphatic heterocycles. The van der Waals surface area contributed by atoms with Crippen molar-refractivity contribution in [3.8, 4) is 5.75 Å². The maximum Gasteiger partial charge on any atom is 0.242 e. The summed E-state index contributed by atoms with van der Waals surface area (Å²) in [5.74, 6) is 0.756. The summed E-state index contributed by atoms with van der Waals surface area (Å²) in [6, 6.07) is 8.69. The molecule has 2 rings (SSSR count).